The van der Waals surface area contributed by atoms with E-state index in [2.05, 4.69) is 12.2 Å². The maximum Gasteiger partial charge on any atom is 0.0584 e. The molecule has 0 aromatic rings. The zero-order valence-corrected chi connectivity index (χ0v) is 8.05. The van der Waals surface area contributed by atoms with E-state index in [1.54, 1.807) is 0 Å². The Morgan fingerprint density at radius 1 is 1.33 bits per heavy atom. The van der Waals surface area contributed by atoms with Crippen LogP contribution in [0.3, 0.4) is 0 Å². The topological polar surface area (TPSA) is 32.3 Å². The Morgan fingerprint density at radius 3 is 2.50 bits per heavy atom. The van der Waals surface area contributed by atoms with Gasteiger partial charge >= 0.3 is 0 Å². The lowest BCUT2D eigenvalue weighted by Gasteiger charge is -2.26. The minimum absolute atomic E-state index is 0.285. The molecule has 12 heavy (non-hydrogen) atoms. The van der Waals surface area contributed by atoms with Crippen molar-refractivity contribution in [3.05, 3.63) is 0 Å². The quantitative estimate of drug-likeness (QED) is 0.674. The molecule has 1 fully saturated rings. The van der Waals surface area contributed by atoms with Gasteiger partial charge in [-0.15, -0.1) is 0 Å². The van der Waals surface area contributed by atoms with E-state index in [0.717, 1.165) is 6.42 Å². The molecule has 0 aromatic carbocycles. The molecule has 2 heteroatoms. The predicted molar refractivity (Wildman–Crippen MR) is 51.2 cm³/mol. The molecule has 1 aliphatic rings. The predicted octanol–water partition coefficient (Wildman–Crippen LogP) is 1.68. The lowest BCUT2D eigenvalue weighted by molar-refractivity contribution is 0.215. The van der Waals surface area contributed by atoms with Crippen molar-refractivity contribution in [3.63, 3.8) is 0 Å². The van der Waals surface area contributed by atoms with Crippen molar-refractivity contribution in [2.24, 2.45) is 0 Å². The molecule has 1 atom stereocenters. The van der Waals surface area contributed by atoms with Gasteiger partial charge in [0.05, 0.1) is 6.61 Å². The highest BCUT2D eigenvalue weighted by Crippen LogP contribution is 2.17. The van der Waals surface area contributed by atoms with E-state index in [1.807, 2.05) is 0 Å². The van der Waals surface area contributed by atoms with Crippen molar-refractivity contribution < 1.29 is 5.11 Å². The molecule has 1 saturated carbocycles. The average Bonchev–Trinajstić information content (AvgIpc) is 2.16. The smallest absolute Gasteiger partial charge is 0.0584 e. The number of nitrogens with one attached hydrogen (secondary N) is 1. The van der Waals surface area contributed by atoms with Crippen LogP contribution in [0.2, 0.25) is 0 Å². The highest BCUT2D eigenvalue weighted by molar-refractivity contribution is 4.76. The first-order valence-electron chi connectivity index (χ1n) is 5.23. The first-order valence-corrected chi connectivity index (χ1v) is 5.23. The van der Waals surface area contributed by atoms with Gasteiger partial charge in [-0.1, -0.05) is 26.2 Å². The Labute approximate surface area is 75.4 Å². The summed E-state index contributed by atoms with van der Waals surface area (Å²) in [7, 11) is 0. The largest absolute Gasteiger partial charge is 0.395 e. The lowest BCUT2D eigenvalue weighted by Crippen LogP contribution is -2.41. The first-order chi connectivity index (χ1) is 5.86. The molecule has 2 nitrogen and oxygen atoms in total. The van der Waals surface area contributed by atoms with Crippen LogP contribution < -0.4 is 5.32 Å². The van der Waals surface area contributed by atoms with Gasteiger partial charge < -0.3 is 10.4 Å². The van der Waals surface area contributed by atoms with Gasteiger partial charge in [-0.05, 0) is 19.3 Å². The van der Waals surface area contributed by atoms with Crippen molar-refractivity contribution in [3.8, 4) is 0 Å². The van der Waals surface area contributed by atoms with E-state index < -0.39 is 0 Å². The molecule has 0 spiro atoms. The van der Waals surface area contributed by atoms with Gasteiger partial charge in [0.1, 0.15) is 0 Å². The van der Waals surface area contributed by atoms with Gasteiger partial charge in [-0.25, -0.2) is 0 Å². The molecule has 0 saturated heterocycles. The normalized spacial score (nSPS) is 22.5. The molecule has 1 aliphatic carbocycles. The van der Waals surface area contributed by atoms with E-state index in [1.165, 1.54) is 32.1 Å². The maximum absolute atomic E-state index is 8.99. The van der Waals surface area contributed by atoms with Crippen LogP contribution >= 0.6 is 0 Å². The van der Waals surface area contributed by atoms with Crippen molar-refractivity contribution in [2.75, 3.05) is 6.61 Å². The molecule has 0 aliphatic heterocycles. The Morgan fingerprint density at radius 2 is 2.00 bits per heavy atom. The van der Waals surface area contributed by atoms with Crippen molar-refractivity contribution >= 4 is 0 Å². The standard InChI is InChI=1S/C10H21NO/c1-2-9(8-12)11-10-6-4-3-5-7-10/h9-12H,2-8H2,1H3. The second-order valence-electron chi connectivity index (χ2n) is 3.79. The summed E-state index contributed by atoms with van der Waals surface area (Å²) in [5, 5.41) is 12.5. The third-order valence-electron chi connectivity index (χ3n) is 2.79. The third-order valence-corrected chi connectivity index (χ3v) is 2.79. The Bertz CT molecular complexity index is 106. The summed E-state index contributed by atoms with van der Waals surface area (Å²) >= 11 is 0. The van der Waals surface area contributed by atoms with Crippen LogP contribution in [-0.2, 0) is 0 Å². The molecule has 72 valence electrons. The van der Waals surface area contributed by atoms with Crippen molar-refractivity contribution in [1.82, 2.24) is 5.32 Å². The van der Waals surface area contributed by atoms with Gasteiger partial charge in [-0.3, -0.25) is 0 Å². The molecule has 0 radical (unpaired) electrons. The Balaban J connectivity index is 2.18. The van der Waals surface area contributed by atoms with Crippen LogP contribution in [0.1, 0.15) is 45.4 Å². The maximum atomic E-state index is 8.99. The summed E-state index contributed by atoms with van der Waals surface area (Å²) in [5.74, 6) is 0. The second kappa shape index (κ2) is 5.55. The summed E-state index contributed by atoms with van der Waals surface area (Å²) in [4.78, 5) is 0. The minimum atomic E-state index is 0.285. The monoisotopic (exact) mass is 171 g/mol. The fraction of sp³-hybridized carbons (Fsp3) is 1.00. The van der Waals surface area contributed by atoms with Crippen molar-refractivity contribution in [2.45, 2.75) is 57.5 Å². The zero-order valence-electron chi connectivity index (χ0n) is 8.05. The average molecular weight is 171 g/mol. The Hall–Kier alpha value is -0.0800. The number of hydrogen-bond donors (Lipinski definition) is 2. The highest BCUT2D eigenvalue weighted by Gasteiger charge is 2.15. The van der Waals surface area contributed by atoms with Gasteiger partial charge in [0, 0.05) is 12.1 Å². The first kappa shape index (κ1) is 10.0. The van der Waals surface area contributed by atoms with Crippen LogP contribution in [0.4, 0.5) is 0 Å². The number of rotatable bonds is 4. The van der Waals surface area contributed by atoms with Gasteiger partial charge in [-0.2, -0.15) is 0 Å². The molecular weight excluding hydrogens is 150 g/mol. The molecule has 1 unspecified atom stereocenters. The molecule has 0 amide bonds. The van der Waals surface area contributed by atoms with Gasteiger partial charge in [0.25, 0.3) is 0 Å². The van der Waals surface area contributed by atoms with Crippen LogP contribution in [0.15, 0.2) is 0 Å². The summed E-state index contributed by atoms with van der Waals surface area (Å²) < 4.78 is 0. The summed E-state index contributed by atoms with van der Waals surface area (Å²) in [6.45, 7) is 2.41. The third kappa shape index (κ3) is 3.11. The SMILES string of the molecule is CCC(CO)NC1CCCCC1. The molecular formula is C10H21NO. The van der Waals surface area contributed by atoms with E-state index in [9.17, 15) is 0 Å². The van der Waals surface area contributed by atoms with Crippen LogP contribution in [0.5, 0.6) is 0 Å². The molecule has 0 bridgehead atoms. The Kier molecular flexibility index (Phi) is 4.62. The van der Waals surface area contributed by atoms with Crippen LogP contribution in [0, 0.1) is 0 Å². The zero-order chi connectivity index (χ0) is 8.81. The van der Waals surface area contributed by atoms with Crippen LogP contribution in [0.25, 0.3) is 0 Å². The molecule has 0 aromatic heterocycles. The number of aliphatic hydroxyl groups is 1. The summed E-state index contributed by atoms with van der Waals surface area (Å²) in [5.41, 5.74) is 0. The minimum Gasteiger partial charge on any atom is -0.395 e. The van der Waals surface area contributed by atoms with Gasteiger partial charge in [0.15, 0.2) is 0 Å². The second-order valence-corrected chi connectivity index (χ2v) is 3.79. The molecule has 0 heterocycles. The van der Waals surface area contributed by atoms with E-state index in [0.29, 0.717) is 12.1 Å². The van der Waals surface area contributed by atoms with Crippen molar-refractivity contribution in [1.29, 1.82) is 0 Å². The lowest BCUT2D eigenvalue weighted by atomic mass is 9.95. The van der Waals surface area contributed by atoms with Crippen LogP contribution in [-0.4, -0.2) is 23.8 Å². The summed E-state index contributed by atoms with van der Waals surface area (Å²) in [6, 6.07) is 1.00. The summed E-state index contributed by atoms with van der Waals surface area (Å²) in [6.07, 6.45) is 7.76. The van der Waals surface area contributed by atoms with E-state index in [4.69, 9.17) is 5.11 Å². The fourth-order valence-electron chi connectivity index (χ4n) is 1.90. The number of aliphatic hydroxyl groups excluding tert-OH is 1. The van der Waals surface area contributed by atoms with Gasteiger partial charge in [0.2, 0.25) is 0 Å². The molecule has 1 rings (SSSR count). The highest BCUT2D eigenvalue weighted by atomic mass is 16.3. The van der Waals surface area contributed by atoms with E-state index in [-0.39, 0.29) is 6.61 Å². The van der Waals surface area contributed by atoms with E-state index >= 15 is 0 Å². The molecule has 2 N–H and O–H groups in total. The number of hydrogen-bond acceptors (Lipinski definition) is 2. The fourth-order valence-corrected chi connectivity index (χ4v) is 1.90.